The highest BCUT2D eigenvalue weighted by Gasteiger charge is 2.12. The van der Waals surface area contributed by atoms with Crippen LogP contribution in [0.15, 0.2) is 24.5 Å². The Morgan fingerprint density at radius 1 is 1.26 bits per heavy atom. The summed E-state index contributed by atoms with van der Waals surface area (Å²) < 4.78 is 0. The largest absolute Gasteiger partial charge is 0.382 e. The minimum Gasteiger partial charge on any atom is -0.382 e. The third-order valence-electron chi connectivity index (χ3n) is 2.38. The third-order valence-corrected chi connectivity index (χ3v) is 3.10. The van der Waals surface area contributed by atoms with Crippen molar-refractivity contribution >= 4 is 40.6 Å². The second-order valence-electron chi connectivity index (χ2n) is 3.86. The van der Waals surface area contributed by atoms with Crippen LogP contribution < -0.4 is 11.1 Å². The summed E-state index contributed by atoms with van der Waals surface area (Å²) in [6, 6.07) is 3.25. The van der Waals surface area contributed by atoms with Crippen molar-refractivity contribution in [2.45, 2.75) is 6.92 Å². The van der Waals surface area contributed by atoms with Gasteiger partial charge in [-0.1, -0.05) is 23.2 Å². The van der Waals surface area contributed by atoms with Crippen molar-refractivity contribution in [3.8, 4) is 0 Å². The molecule has 2 rings (SSSR count). The van der Waals surface area contributed by atoms with Crippen LogP contribution in [0, 0.1) is 6.92 Å². The van der Waals surface area contributed by atoms with Gasteiger partial charge in [0.15, 0.2) is 0 Å². The van der Waals surface area contributed by atoms with Gasteiger partial charge in [-0.2, -0.15) is 0 Å². The van der Waals surface area contributed by atoms with E-state index >= 15 is 0 Å². The fraction of sp³-hybridized carbons (Fsp3) is 0.0833. The normalized spacial score (nSPS) is 10.3. The van der Waals surface area contributed by atoms with Crippen molar-refractivity contribution in [1.82, 2.24) is 9.97 Å². The fourth-order valence-electron chi connectivity index (χ4n) is 1.42. The average Bonchev–Trinajstić information content (AvgIpc) is 2.36. The summed E-state index contributed by atoms with van der Waals surface area (Å²) in [5.41, 5.74) is 6.80. The smallest absolute Gasteiger partial charge is 0.275 e. The molecule has 0 aliphatic heterocycles. The summed E-state index contributed by atoms with van der Waals surface area (Å²) in [6.07, 6.45) is 2.67. The lowest BCUT2D eigenvalue weighted by Crippen LogP contribution is -2.15. The molecule has 3 N–H and O–H groups in total. The van der Waals surface area contributed by atoms with Gasteiger partial charge in [0.25, 0.3) is 5.91 Å². The maximum absolute atomic E-state index is 11.9. The first kappa shape index (κ1) is 13.6. The van der Waals surface area contributed by atoms with E-state index in [4.69, 9.17) is 28.9 Å². The first-order chi connectivity index (χ1) is 8.97. The van der Waals surface area contributed by atoms with Crippen LogP contribution in [0.2, 0.25) is 10.0 Å². The van der Waals surface area contributed by atoms with Crippen molar-refractivity contribution in [3.63, 3.8) is 0 Å². The number of nitrogens with two attached hydrogens (primary N) is 1. The first-order valence-corrected chi connectivity index (χ1v) is 6.07. The van der Waals surface area contributed by atoms with Crippen molar-refractivity contribution in [2.75, 3.05) is 11.1 Å². The standard InChI is InChI=1S/C12H10Cl2N4O/c1-6-2-8(14)9(3-7(6)13)18-12(19)10-4-16-5-11(15)17-10/h2-5H,1H3,(H2,15,17)(H,18,19). The second-order valence-corrected chi connectivity index (χ2v) is 4.68. The molecule has 0 saturated carbocycles. The van der Waals surface area contributed by atoms with Gasteiger partial charge in [-0.3, -0.25) is 9.78 Å². The molecule has 5 nitrogen and oxygen atoms in total. The van der Waals surface area contributed by atoms with Crippen LogP contribution in [-0.4, -0.2) is 15.9 Å². The van der Waals surface area contributed by atoms with Gasteiger partial charge < -0.3 is 11.1 Å². The number of rotatable bonds is 2. The van der Waals surface area contributed by atoms with Gasteiger partial charge in [-0.15, -0.1) is 0 Å². The lowest BCUT2D eigenvalue weighted by molar-refractivity contribution is 0.102. The number of carbonyl (C=O) groups is 1. The number of aromatic nitrogens is 2. The van der Waals surface area contributed by atoms with E-state index in [9.17, 15) is 4.79 Å². The van der Waals surface area contributed by atoms with Gasteiger partial charge in [-0.05, 0) is 24.6 Å². The SMILES string of the molecule is Cc1cc(Cl)c(NC(=O)c2cncc(N)n2)cc1Cl. The average molecular weight is 297 g/mol. The first-order valence-electron chi connectivity index (χ1n) is 5.32. The van der Waals surface area contributed by atoms with Crippen LogP contribution in [0.5, 0.6) is 0 Å². The lowest BCUT2D eigenvalue weighted by atomic mass is 10.2. The molecule has 0 aliphatic carbocycles. The number of amides is 1. The minimum absolute atomic E-state index is 0.104. The van der Waals surface area contributed by atoms with Crippen LogP contribution in [0.25, 0.3) is 0 Å². The molecular formula is C12H10Cl2N4O. The molecule has 0 unspecified atom stereocenters. The maximum atomic E-state index is 11.9. The number of hydrogen-bond donors (Lipinski definition) is 2. The van der Waals surface area contributed by atoms with Crippen LogP contribution in [0.1, 0.15) is 16.1 Å². The third kappa shape index (κ3) is 3.13. The van der Waals surface area contributed by atoms with Crippen molar-refractivity contribution in [1.29, 1.82) is 0 Å². The van der Waals surface area contributed by atoms with Crippen molar-refractivity contribution in [3.05, 3.63) is 45.8 Å². The molecule has 0 fully saturated rings. The topological polar surface area (TPSA) is 80.9 Å². The van der Waals surface area contributed by atoms with E-state index < -0.39 is 5.91 Å². The Labute approximate surface area is 119 Å². The molecule has 1 aromatic carbocycles. The number of anilines is 2. The highest BCUT2D eigenvalue weighted by atomic mass is 35.5. The number of aryl methyl sites for hydroxylation is 1. The Kier molecular flexibility index (Phi) is 3.87. The zero-order valence-electron chi connectivity index (χ0n) is 9.95. The second kappa shape index (κ2) is 5.42. The maximum Gasteiger partial charge on any atom is 0.275 e. The molecule has 1 heterocycles. The van der Waals surface area contributed by atoms with Crippen LogP contribution >= 0.6 is 23.2 Å². The van der Waals surface area contributed by atoms with E-state index in [1.807, 2.05) is 6.92 Å². The summed E-state index contributed by atoms with van der Waals surface area (Å²) in [5.74, 6) is -0.290. The molecule has 1 aromatic heterocycles. The number of benzene rings is 1. The summed E-state index contributed by atoms with van der Waals surface area (Å²) >= 11 is 12.0. The predicted octanol–water partition coefficient (Wildman–Crippen LogP) is 2.93. The molecule has 0 radical (unpaired) electrons. The van der Waals surface area contributed by atoms with Gasteiger partial charge in [0.1, 0.15) is 11.5 Å². The Hall–Kier alpha value is -1.85. The number of halogens is 2. The Bertz CT molecular complexity index is 646. The van der Waals surface area contributed by atoms with Gasteiger partial charge in [0.2, 0.25) is 0 Å². The molecule has 0 spiro atoms. The molecule has 1 amide bonds. The quantitative estimate of drug-likeness (QED) is 0.893. The molecule has 7 heteroatoms. The monoisotopic (exact) mass is 296 g/mol. The van der Waals surface area contributed by atoms with Crippen molar-refractivity contribution in [2.24, 2.45) is 0 Å². The number of carbonyl (C=O) groups excluding carboxylic acids is 1. The number of nitrogen functional groups attached to an aromatic ring is 1. The van der Waals surface area contributed by atoms with Gasteiger partial charge in [0, 0.05) is 5.02 Å². The van der Waals surface area contributed by atoms with Gasteiger partial charge >= 0.3 is 0 Å². The molecular weight excluding hydrogens is 287 g/mol. The number of nitrogens with one attached hydrogen (secondary N) is 1. The molecule has 0 saturated heterocycles. The van der Waals surface area contributed by atoms with Gasteiger partial charge in [0.05, 0.1) is 23.1 Å². The molecule has 0 atom stereocenters. The zero-order chi connectivity index (χ0) is 14.0. The summed E-state index contributed by atoms with van der Waals surface area (Å²) in [4.78, 5) is 19.6. The Balaban J connectivity index is 2.27. The van der Waals surface area contributed by atoms with E-state index in [0.717, 1.165) is 5.56 Å². The minimum atomic E-state index is -0.457. The van der Waals surface area contributed by atoms with Crippen LogP contribution in [0.3, 0.4) is 0 Å². The van der Waals surface area contributed by atoms with E-state index in [1.54, 1.807) is 12.1 Å². The highest BCUT2D eigenvalue weighted by molar-refractivity contribution is 6.36. The number of hydrogen-bond acceptors (Lipinski definition) is 4. The fourth-order valence-corrected chi connectivity index (χ4v) is 1.85. The molecule has 2 aromatic rings. The van der Waals surface area contributed by atoms with E-state index in [1.165, 1.54) is 12.4 Å². The highest BCUT2D eigenvalue weighted by Crippen LogP contribution is 2.29. The van der Waals surface area contributed by atoms with Gasteiger partial charge in [-0.25, -0.2) is 4.98 Å². The molecule has 0 aliphatic rings. The molecule has 19 heavy (non-hydrogen) atoms. The Morgan fingerprint density at radius 3 is 2.68 bits per heavy atom. The van der Waals surface area contributed by atoms with E-state index in [0.29, 0.717) is 15.7 Å². The summed E-state index contributed by atoms with van der Waals surface area (Å²) in [5, 5.41) is 3.52. The van der Waals surface area contributed by atoms with E-state index in [2.05, 4.69) is 15.3 Å². The van der Waals surface area contributed by atoms with Crippen molar-refractivity contribution < 1.29 is 4.79 Å². The predicted molar refractivity (Wildman–Crippen MR) is 75.6 cm³/mol. The molecule has 98 valence electrons. The lowest BCUT2D eigenvalue weighted by Gasteiger charge is -2.09. The van der Waals surface area contributed by atoms with E-state index in [-0.39, 0.29) is 11.5 Å². The number of nitrogens with zero attached hydrogens (tertiary/aromatic N) is 2. The Morgan fingerprint density at radius 2 is 2.00 bits per heavy atom. The molecule has 0 bridgehead atoms. The van der Waals surface area contributed by atoms with Crippen LogP contribution in [-0.2, 0) is 0 Å². The van der Waals surface area contributed by atoms with Crippen LogP contribution in [0.4, 0.5) is 11.5 Å². The summed E-state index contributed by atoms with van der Waals surface area (Å²) in [7, 11) is 0. The zero-order valence-corrected chi connectivity index (χ0v) is 11.5. The summed E-state index contributed by atoms with van der Waals surface area (Å²) in [6.45, 7) is 1.82.